The highest BCUT2D eigenvalue weighted by molar-refractivity contribution is 5.32. The second-order valence-electron chi connectivity index (χ2n) is 3.45. The molecule has 0 aliphatic heterocycles. The Morgan fingerprint density at radius 2 is 1.93 bits per heavy atom. The van der Waals surface area contributed by atoms with Crippen LogP contribution < -0.4 is 10.5 Å². The Hall–Kier alpha value is -1.35. The normalized spacial score (nSPS) is 10.0. The second-order valence-corrected chi connectivity index (χ2v) is 3.45. The lowest BCUT2D eigenvalue weighted by molar-refractivity contribution is -0.0979. The first-order chi connectivity index (χ1) is 6.54. The summed E-state index contributed by atoms with van der Waals surface area (Å²) in [6, 6.07) is 7.82. The molecule has 0 saturated heterocycles. The lowest BCUT2D eigenvalue weighted by Gasteiger charge is -2.19. The average molecular weight is 195 g/mol. The number of carbonyl (C=O) groups excluding carboxylic acids is 1. The molecule has 0 bridgehead atoms. The Morgan fingerprint density at radius 1 is 1.36 bits per heavy atom. The van der Waals surface area contributed by atoms with Crippen molar-refractivity contribution in [3.63, 3.8) is 0 Å². The summed E-state index contributed by atoms with van der Waals surface area (Å²) in [5, 5.41) is 0. The minimum absolute atomic E-state index is 0.297. The van der Waals surface area contributed by atoms with Crippen LogP contribution in [-0.4, -0.2) is 13.9 Å². The van der Waals surface area contributed by atoms with Crippen LogP contribution in [0.5, 0.6) is 5.75 Å². The number of methoxy groups -OCH3 is 1. The fraction of sp³-hybridized carbons (Fsp3) is 0.364. The zero-order valence-electron chi connectivity index (χ0n) is 8.91. The summed E-state index contributed by atoms with van der Waals surface area (Å²) in [5.74, 6) is 0.853. The first-order valence-electron chi connectivity index (χ1n) is 4.26. The lowest BCUT2D eigenvalue weighted by Crippen LogP contribution is -2.28. The molecule has 3 nitrogen and oxygen atoms in total. The molecular weight excluding hydrogens is 178 g/mol. The predicted molar refractivity (Wildman–Crippen MR) is 57.3 cm³/mol. The van der Waals surface area contributed by atoms with E-state index in [1.165, 1.54) is 0 Å². The van der Waals surface area contributed by atoms with Crippen LogP contribution >= 0.6 is 0 Å². The maximum Gasteiger partial charge on any atom is 0.119 e. The molecule has 0 heterocycles. The van der Waals surface area contributed by atoms with Crippen molar-refractivity contribution in [1.29, 1.82) is 0 Å². The van der Waals surface area contributed by atoms with Crippen molar-refractivity contribution >= 4 is 6.79 Å². The molecule has 0 amide bonds. The fourth-order valence-electron chi connectivity index (χ4n) is 1.02. The van der Waals surface area contributed by atoms with E-state index in [9.17, 15) is 0 Å². The number of ether oxygens (including phenoxy) is 1. The van der Waals surface area contributed by atoms with E-state index in [1.807, 2.05) is 44.9 Å². The molecule has 2 N–H and O–H groups in total. The van der Waals surface area contributed by atoms with Crippen LogP contribution in [0.15, 0.2) is 24.3 Å². The molecule has 0 aromatic heterocycles. The maximum absolute atomic E-state index is 8.00. The zero-order valence-corrected chi connectivity index (χ0v) is 8.91. The highest BCUT2D eigenvalue weighted by atomic mass is 16.5. The van der Waals surface area contributed by atoms with E-state index < -0.39 is 0 Å². The molecule has 3 heteroatoms. The number of hydrogen-bond acceptors (Lipinski definition) is 3. The summed E-state index contributed by atoms with van der Waals surface area (Å²) in [7, 11) is 1.66. The van der Waals surface area contributed by atoms with Crippen molar-refractivity contribution in [1.82, 2.24) is 0 Å². The average Bonchev–Trinajstić information content (AvgIpc) is 2.20. The van der Waals surface area contributed by atoms with Crippen LogP contribution in [0.1, 0.15) is 19.4 Å². The van der Waals surface area contributed by atoms with Gasteiger partial charge in [-0.15, -0.1) is 0 Å². The molecule has 0 aliphatic carbocycles. The largest absolute Gasteiger partial charge is 0.497 e. The monoisotopic (exact) mass is 195 g/mol. The summed E-state index contributed by atoms with van der Waals surface area (Å²) in [5.41, 5.74) is 6.71. The summed E-state index contributed by atoms with van der Waals surface area (Å²) in [4.78, 5) is 8.00. The van der Waals surface area contributed by atoms with Crippen LogP contribution in [0, 0.1) is 0 Å². The van der Waals surface area contributed by atoms with Gasteiger partial charge in [0.1, 0.15) is 12.5 Å². The highest BCUT2D eigenvalue weighted by Crippen LogP contribution is 2.21. The third kappa shape index (κ3) is 3.58. The fourth-order valence-corrected chi connectivity index (χ4v) is 1.02. The van der Waals surface area contributed by atoms with E-state index in [1.54, 1.807) is 7.11 Å². The first kappa shape index (κ1) is 12.7. The smallest absolute Gasteiger partial charge is 0.119 e. The van der Waals surface area contributed by atoms with Gasteiger partial charge in [0.05, 0.1) is 7.11 Å². The molecule has 1 rings (SSSR count). The van der Waals surface area contributed by atoms with Gasteiger partial charge in [-0.2, -0.15) is 0 Å². The Bertz CT molecular complexity index is 279. The second kappa shape index (κ2) is 5.40. The summed E-state index contributed by atoms with van der Waals surface area (Å²) >= 11 is 0. The summed E-state index contributed by atoms with van der Waals surface area (Å²) in [6.07, 6.45) is 0. The first-order valence-corrected chi connectivity index (χ1v) is 4.26. The van der Waals surface area contributed by atoms with E-state index in [0.29, 0.717) is 0 Å². The van der Waals surface area contributed by atoms with Crippen LogP contribution in [0.25, 0.3) is 0 Å². The van der Waals surface area contributed by atoms with E-state index in [-0.39, 0.29) is 5.54 Å². The molecule has 0 aliphatic rings. The van der Waals surface area contributed by atoms with Gasteiger partial charge in [0.2, 0.25) is 0 Å². The third-order valence-corrected chi connectivity index (χ3v) is 1.81. The van der Waals surface area contributed by atoms with Gasteiger partial charge in [0.15, 0.2) is 0 Å². The van der Waals surface area contributed by atoms with Crippen LogP contribution in [0.2, 0.25) is 0 Å². The van der Waals surface area contributed by atoms with Gasteiger partial charge in [-0.05, 0) is 31.5 Å². The lowest BCUT2D eigenvalue weighted by atomic mass is 9.96. The van der Waals surface area contributed by atoms with Gasteiger partial charge in [0.25, 0.3) is 0 Å². The SMILES string of the molecule is C=O.COc1cccc(C(C)(C)N)c1. The molecule has 1 aromatic carbocycles. The minimum atomic E-state index is -0.297. The Morgan fingerprint density at radius 3 is 2.36 bits per heavy atom. The molecule has 0 spiro atoms. The van der Waals surface area contributed by atoms with Crippen molar-refractivity contribution in [3.05, 3.63) is 29.8 Å². The van der Waals surface area contributed by atoms with Crippen LogP contribution in [-0.2, 0) is 10.3 Å². The molecule has 0 fully saturated rings. The van der Waals surface area contributed by atoms with Gasteiger partial charge in [0, 0.05) is 5.54 Å². The Labute approximate surface area is 84.9 Å². The molecule has 0 atom stereocenters. The number of benzene rings is 1. The number of hydrogen-bond donors (Lipinski definition) is 1. The molecule has 14 heavy (non-hydrogen) atoms. The van der Waals surface area contributed by atoms with E-state index in [4.69, 9.17) is 15.3 Å². The molecule has 1 aromatic rings. The van der Waals surface area contributed by atoms with Gasteiger partial charge in [-0.3, -0.25) is 0 Å². The van der Waals surface area contributed by atoms with E-state index in [2.05, 4.69) is 0 Å². The molecular formula is C11H17NO2. The van der Waals surface area contributed by atoms with E-state index >= 15 is 0 Å². The topological polar surface area (TPSA) is 52.3 Å². The summed E-state index contributed by atoms with van der Waals surface area (Å²) in [6.45, 7) is 5.95. The number of nitrogens with two attached hydrogens (primary N) is 1. The highest BCUT2D eigenvalue weighted by Gasteiger charge is 2.13. The minimum Gasteiger partial charge on any atom is -0.497 e. The molecule has 0 saturated carbocycles. The Balaban J connectivity index is 0.000000791. The maximum atomic E-state index is 8.00. The van der Waals surface area contributed by atoms with Crippen molar-refractivity contribution in [2.45, 2.75) is 19.4 Å². The molecule has 78 valence electrons. The molecule has 0 unspecified atom stereocenters. The van der Waals surface area contributed by atoms with Crippen molar-refractivity contribution < 1.29 is 9.53 Å². The number of rotatable bonds is 2. The van der Waals surface area contributed by atoms with E-state index in [0.717, 1.165) is 11.3 Å². The van der Waals surface area contributed by atoms with Crippen molar-refractivity contribution in [2.24, 2.45) is 5.73 Å². The zero-order chi connectivity index (χ0) is 11.2. The van der Waals surface area contributed by atoms with Crippen LogP contribution in [0.3, 0.4) is 0 Å². The third-order valence-electron chi connectivity index (χ3n) is 1.81. The van der Waals surface area contributed by atoms with Gasteiger partial charge >= 0.3 is 0 Å². The van der Waals surface area contributed by atoms with Crippen LogP contribution in [0.4, 0.5) is 0 Å². The van der Waals surface area contributed by atoms with Gasteiger partial charge < -0.3 is 15.3 Å². The Kier molecular flexibility index (Phi) is 4.87. The van der Waals surface area contributed by atoms with Gasteiger partial charge in [-0.25, -0.2) is 0 Å². The molecule has 0 radical (unpaired) electrons. The number of carbonyl (C=O) groups is 1. The standard InChI is InChI=1S/C10H15NO.CH2O/c1-10(2,11)8-5-4-6-9(7-8)12-3;1-2/h4-7H,11H2,1-3H3;1H2. The van der Waals surface area contributed by atoms with Gasteiger partial charge in [-0.1, -0.05) is 12.1 Å². The quantitative estimate of drug-likeness (QED) is 0.781. The summed E-state index contributed by atoms with van der Waals surface area (Å²) < 4.78 is 5.09. The van der Waals surface area contributed by atoms with Crippen molar-refractivity contribution in [3.8, 4) is 5.75 Å². The van der Waals surface area contributed by atoms with Crippen molar-refractivity contribution in [2.75, 3.05) is 7.11 Å². The predicted octanol–water partition coefficient (Wildman–Crippen LogP) is 1.70.